The quantitative estimate of drug-likeness (QED) is 0.864. The predicted molar refractivity (Wildman–Crippen MR) is 66.6 cm³/mol. The topological polar surface area (TPSA) is 49.3 Å². The van der Waals surface area contributed by atoms with Gasteiger partial charge < -0.3 is 10.4 Å². The molecule has 1 aliphatic carbocycles. The molecule has 2 unspecified atom stereocenters. The first-order valence-corrected chi connectivity index (χ1v) is 6.36. The van der Waals surface area contributed by atoms with Crippen molar-refractivity contribution in [2.24, 2.45) is 5.92 Å². The van der Waals surface area contributed by atoms with E-state index in [-0.39, 0.29) is 17.8 Å². The van der Waals surface area contributed by atoms with E-state index in [1.807, 2.05) is 0 Å². The van der Waals surface area contributed by atoms with E-state index >= 15 is 0 Å². The van der Waals surface area contributed by atoms with E-state index in [1.165, 1.54) is 6.07 Å². The minimum absolute atomic E-state index is 0.180. The van der Waals surface area contributed by atoms with Crippen LogP contribution in [0.2, 0.25) is 0 Å². The van der Waals surface area contributed by atoms with Gasteiger partial charge in [0.25, 0.3) is 0 Å². The van der Waals surface area contributed by atoms with Crippen LogP contribution in [0.4, 0.5) is 4.39 Å². The molecule has 18 heavy (non-hydrogen) atoms. The average Bonchev–Trinajstić information content (AvgIpc) is 2.38. The summed E-state index contributed by atoms with van der Waals surface area (Å²) >= 11 is 0. The maximum Gasteiger partial charge on any atom is 0.306 e. The fraction of sp³-hybridized carbons (Fsp3) is 0.500. The molecule has 0 saturated heterocycles. The first-order chi connectivity index (χ1) is 8.66. The fourth-order valence-corrected chi connectivity index (χ4v) is 2.50. The Kier molecular flexibility index (Phi) is 4.31. The van der Waals surface area contributed by atoms with E-state index in [1.54, 1.807) is 18.2 Å². The first-order valence-electron chi connectivity index (χ1n) is 6.36. The Morgan fingerprint density at radius 2 is 2.17 bits per heavy atom. The van der Waals surface area contributed by atoms with Gasteiger partial charge in [-0.15, -0.1) is 0 Å². The van der Waals surface area contributed by atoms with E-state index in [0.29, 0.717) is 18.5 Å². The van der Waals surface area contributed by atoms with Gasteiger partial charge in [0.05, 0.1) is 5.92 Å². The molecule has 0 amide bonds. The van der Waals surface area contributed by atoms with E-state index in [0.717, 1.165) is 19.3 Å². The maximum absolute atomic E-state index is 13.4. The Balaban J connectivity index is 1.87. The number of hydrogen-bond acceptors (Lipinski definition) is 2. The number of aliphatic carboxylic acids is 1. The van der Waals surface area contributed by atoms with Gasteiger partial charge in [-0.2, -0.15) is 0 Å². The van der Waals surface area contributed by atoms with Crippen LogP contribution in [-0.4, -0.2) is 17.1 Å². The van der Waals surface area contributed by atoms with Crippen LogP contribution >= 0.6 is 0 Å². The molecule has 0 heterocycles. The van der Waals surface area contributed by atoms with E-state index in [2.05, 4.69) is 5.32 Å². The number of halogens is 1. The summed E-state index contributed by atoms with van der Waals surface area (Å²) in [5, 5.41) is 12.3. The highest BCUT2D eigenvalue weighted by Gasteiger charge is 2.26. The van der Waals surface area contributed by atoms with Gasteiger partial charge >= 0.3 is 5.97 Å². The standard InChI is InChI=1S/C14H18FNO2/c15-13-7-2-1-4-11(13)9-16-12-6-3-5-10(8-12)14(17)18/h1-2,4,7,10,12,16H,3,5-6,8-9H2,(H,17,18). The lowest BCUT2D eigenvalue weighted by Gasteiger charge is -2.27. The average molecular weight is 251 g/mol. The number of hydrogen-bond donors (Lipinski definition) is 2. The minimum Gasteiger partial charge on any atom is -0.481 e. The van der Waals surface area contributed by atoms with E-state index in [9.17, 15) is 9.18 Å². The zero-order chi connectivity index (χ0) is 13.0. The number of benzene rings is 1. The van der Waals surface area contributed by atoms with Gasteiger partial charge in [0.2, 0.25) is 0 Å². The Morgan fingerprint density at radius 3 is 2.89 bits per heavy atom. The number of carbonyl (C=O) groups is 1. The van der Waals surface area contributed by atoms with Crippen LogP contribution in [0.1, 0.15) is 31.2 Å². The van der Waals surface area contributed by atoms with Gasteiger partial charge in [0.15, 0.2) is 0 Å². The molecule has 4 heteroatoms. The molecule has 1 aromatic rings. The molecule has 1 aromatic carbocycles. The van der Waals surface area contributed by atoms with Crippen molar-refractivity contribution >= 4 is 5.97 Å². The first kappa shape index (κ1) is 13.0. The van der Waals surface area contributed by atoms with E-state index < -0.39 is 5.97 Å². The number of rotatable bonds is 4. The monoisotopic (exact) mass is 251 g/mol. The van der Waals surface area contributed by atoms with Crippen molar-refractivity contribution in [1.29, 1.82) is 0 Å². The SMILES string of the molecule is O=C(O)C1CCCC(NCc2ccccc2F)C1. The molecule has 1 fully saturated rings. The molecule has 3 nitrogen and oxygen atoms in total. The molecule has 1 saturated carbocycles. The second kappa shape index (κ2) is 5.96. The molecule has 2 N–H and O–H groups in total. The number of nitrogens with one attached hydrogen (secondary N) is 1. The molecule has 0 bridgehead atoms. The predicted octanol–water partition coefficient (Wildman–Crippen LogP) is 2.56. The Morgan fingerprint density at radius 1 is 1.39 bits per heavy atom. The van der Waals surface area contributed by atoms with Gasteiger partial charge in [-0.3, -0.25) is 4.79 Å². The largest absolute Gasteiger partial charge is 0.481 e. The second-order valence-corrected chi connectivity index (χ2v) is 4.87. The molecule has 0 aromatic heterocycles. The van der Waals surface area contributed by atoms with Crippen LogP contribution in [0.5, 0.6) is 0 Å². The van der Waals surface area contributed by atoms with Crippen molar-refractivity contribution in [3.63, 3.8) is 0 Å². The highest BCUT2D eigenvalue weighted by molar-refractivity contribution is 5.70. The Bertz CT molecular complexity index is 422. The minimum atomic E-state index is -0.715. The van der Waals surface area contributed by atoms with Crippen LogP contribution < -0.4 is 5.32 Å². The van der Waals surface area contributed by atoms with Crippen molar-refractivity contribution in [2.45, 2.75) is 38.3 Å². The lowest BCUT2D eigenvalue weighted by Crippen LogP contribution is -2.36. The Labute approximate surface area is 106 Å². The lowest BCUT2D eigenvalue weighted by molar-refractivity contribution is -0.143. The van der Waals surface area contributed by atoms with Crippen molar-refractivity contribution in [3.05, 3.63) is 35.6 Å². The van der Waals surface area contributed by atoms with Crippen LogP contribution in [0.3, 0.4) is 0 Å². The molecule has 98 valence electrons. The third-order valence-electron chi connectivity index (χ3n) is 3.56. The summed E-state index contributed by atoms with van der Waals surface area (Å²) in [6.07, 6.45) is 3.29. The van der Waals surface area contributed by atoms with E-state index in [4.69, 9.17) is 5.11 Å². The van der Waals surface area contributed by atoms with Crippen molar-refractivity contribution in [1.82, 2.24) is 5.32 Å². The lowest BCUT2D eigenvalue weighted by atomic mass is 9.86. The molecule has 0 spiro atoms. The van der Waals surface area contributed by atoms with Crippen molar-refractivity contribution < 1.29 is 14.3 Å². The third kappa shape index (κ3) is 3.29. The third-order valence-corrected chi connectivity index (χ3v) is 3.56. The van der Waals surface area contributed by atoms with Crippen LogP contribution in [0, 0.1) is 11.7 Å². The maximum atomic E-state index is 13.4. The summed E-state index contributed by atoms with van der Waals surface area (Å²) < 4.78 is 13.4. The molecular weight excluding hydrogens is 233 g/mol. The number of carboxylic acid groups (broad SMARTS) is 1. The second-order valence-electron chi connectivity index (χ2n) is 4.87. The highest BCUT2D eigenvalue weighted by Crippen LogP contribution is 2.24. The van der Waals surface area contributed by atoms with Crippen LogP contribution in [0.25, 0.3) is 0 Å². The molecule has 2 rings (SSSR count). The summed E-state index contributed by atoms with van der Waals surface area (Å²) in [5.41, 5.74) is 0.634. The molecular formula is C14H18FNO2. The summed E-state index contributed by atoms with van der Waals surface area (Å²) in [6, 6.07) is 6.85. The Hall–Kier alpha value is -1.42. The van der Waals surface area contributed by atoms with Crippen LogP contribution in [0.15, 0.2) is 24.3 Å². The smallest absolute Gasteiger partial charge is 0.306 e. The molecule has 1 aliphatic rings. The summed E-state index contributed by atoms with van der Waals surface area (Å²) in [4.78, 5) is 10.9. The van der Waals surface area contributed by atoms with Crippen molar-refractivity contribution in [2.75, 3.05) is 0 Å². The normalized spacial score (nSPS) is 23.8. The van der Waals surface area contributed by atoms with Gasteiger partial charge in [-0.25, -0.2) is 4.39 Å². The summed E-state index contributed by atoms with van der Waals surface area (Å²) in [7, 11) is 0. The van der Waals surface area contributed by atoms with Gasteiger partial charge in [0.1, 0.15) is 5.82 Å². The van der Waals surface area contributed by atoms with Gasteiger partial charge in [0, 0.05) is 18.2 Å². The highest BCUT2D eigenvalue weighted by atomic mass is 19.1. The molecule has 0 aliphatic heterocycles. The van der Waals surface area contributed by atoms with Crippen LogP contribution in [-0.2, 0) is 11.3 Å². The molecule has 2 atom stereocenters. The van der Waals surface area contributed by atoms with Crippen molar-refractivity contribution in [3.8, 4) is 0 Å². The summed E-state index contributed by atoms with van der Waals surface area (Å²) in [6.45, 7) is 0.462. The fourth-order valence-electron chi connectivity index (χ4n) is 2.50. The summed E-state index contributed by atoms with van der Waals surface area (Å²) in [5.74, 6) is -1.18. The molecule has 0 radical (unpaired) electrons. The zero-order valence-electron chi connectivity index (χ0n) is 10.2. The number of carboxylic acids is 1. The van der Waals surface area contributed by atoms with Gasteiger partial charge in [-0.1, -0.05) is 24.6 Å². The van der Waals surface area contributed by atoms with Gasteiger partial charge in [-0.05, 0) is 25.3 Å². The zero-order valence-corrected chi connectivity index (χ0v) is 10.2.